The molecule has 110 valence electrons. The first kappa shape index (κ1) is 16.0. The Bertz CT molecular complexity index is 459. The number of ether oxygens (including phenoxy) is 1. The fraction of sp³-hybridized carbons (Fsp3) is 0.467. The van der Waals surface area contributed by atoms with E-state index in [1.54, 1.807) is 24.3 Å². The number of hydrogen-bond acceptors (Lipinski definition) is 3. The summed E-state index contributed by atoms with van der Waals surface area (Å²) in [5.74, 6) is -0.689. The summed E-state index contributed by atoms with van der Waals surface area (Å²) in [6.07, 6.45) is 2.95. The zero-order valence-corrected chi connectivity index (χ0v) is 11.9. The summed E-state index contributed by atoms with van der Waals surface area (Å²) in [7, 11) is 0. The van der Waals surface area contributed by atoms with Crippen molar-refractivity contribution in [2.45, 2.75) is 33.1 Å². The van der Waals surface area contributed by atoms with E-state index in [9.17, 15) is 9.59 Å². The highest BCUT2D eigenvalue weighted by Gasteiger charge is 2.12. The maximum absolute atomic E-state index is 11.9. The zero-order chi connectivity index (χ0) is 15.0. The third-order valence-corrected chi connectivity index (χ3v) is 2.90. The number of unbranched alkanes of at least 4 members (excludes halogenated alkanes) is 1. The van der Waals surface area contributed by atoms with Crippen LogP contribution in [0.5, 0.6) is 5.75 Å². The number of rotatable bonds is 8. The Morgan fingerprint density at radius 3 is 2.80 bits per heavy atom. The van der Waals surface area contributed by atoms with Crippen LogP contribution in [0.3, 0.4) is 0 Å². The van der Waals surface area contributed by atoms with Crippen LogP contribution in [0.25, 0.3) is 0 Å². The molecule has 5 heteroatoms. The van der Waals surface area contributed by atoms with Crippen molar-refractivity contribution in [3.05, 3.63) is 24.3 Å². The average Bonchev–Trinajstić information content (AvgIpc) is 2.42. The maximum Gasteiger partial charge on any atom is 0.341 e. The zero-order valence-electron chi connectivity index (χ0n) is 11.9. The average molecular weight is 279 g/mol. The molecular weight excluding hydrogens is 258 g/mol. The normalized spacial score (nSPS) is 11.7. The van der Waals surface area contributed by atoms with Crippen molar-refractivity contribution in [1.29, 1.82) is 0 Å². The molecule has 20 heavy (non-hydrogen) atoms. The van der Waals surface area contributed by atoms with Crippen LogP contribution in [0.1, 0.15) is 33.1 Å². The lowest BCUT2D eigenvalue weighted by Crippen LogP contribution is -2.20. The third kappa shape index (κ3) is 5.73. The van der Waals surface area contributed by atoms with Gasteiger partial charge in [-0.05, 0) is 18.6 Å². The van der Waals surface area contributed by atoms with Gasteiger partial charge in [-0.1, -0.05) is 32.8 Å². The van der Waals surface area contributed by atoms with Crippen molar-refractivity contribution in [2.75, 3.05) is 11.9 Å². The van der Waals surface area contributed by atoms with Gasteiger partial charge in [0.15, 0.2) is 6.61 Å². The molecule has 0 fully saturated rings. The van der Waals surface area contributed by atoms with Crippen LogP contribution in [0, 0.1) is 5.92 Å². The number of nitrogens with one attached hydrogen (secondary N) is 1. The minimum absolute atomic E-state index is 0.0335. The summed E-state index contributed by atoms with van der Waals surface area (Å²) in [4.78, 5) is 22.4. The Hall–Kier alpha value is -2.04. The van der Waals surface area contributed by atoms with Gasteiger partial charge >= 0.3 is 5.97 Å². The molecule has 0 saturated carbocycles. The van der Waals surface area contributed by atoms with Crippen LogP contribution >= 0.6 is 0 Å². The van der Waals surface area contributed by atoms with E-state index in [0.29, 0.717) is 11.4 Å². The lowest BCUT2D eigenvalue weighted by atomic mass is 10.0. The van der Waals surface area contributed by atoms with E-state index in [1.807, 2.05) is 6.92 Å². The minimum Gasteiger partial charge on any atom is -0.482 e. The number of aliphatic carboxylic acids is 1. The smallest absolute Gasteiger partial charge is 0.341 e. The Morgan fingerprint density at radius 1 is 1.40 bits per heavy atom. The summed E-state index contributed by atoms with van der Waals surface area (Å²) in [5.41, 5.74) is 0.612. The fourth-order valence-electron chi connectivity index (χ4n) is 1.72. The molecule has 0 spiro atoms. The van der Waals surface area contributed by atoms with Gasteiger partial charge in [-0.15, -0.1) is 0 Å². The van der Waals surface area contributed by atoms with E-state index in [4.69, 9.17) is 9.84 Å². The number of carbonyl (C=O) groups is 2. The summed E-state index contributed by atoms with van der Waals surface area (Å²) in [6, 6.07) is 6.73. The molecule has 1 amide bonds. The van der Waals surface area contributed by atoms with E-state index in [1.165, 1.54) is 0 Å². The standard InChI is InChI=1S/C15H21NO4/c1-3-4-6-11(2)15(19)16-12-7-5-8-13(9-12)20-10-14(17)18/h5,7-9,11H,3-4,6,10H2,1-2H3,(H,16,19)(H,17,18). The fourth-order valence-corrected chi connectivity index (χ4v) is 1.72. The SMILES string of the molecule is CCCCC(C)C(=O)Nc1cccc(OCC(=O)O)c1. The molecule has 0 radical (unpaired) electrons. The minimum atomic E-state index is -1.03. The number of carboxylic acids is 1. The quantitative estimate of drug-likeness (QED) is 0.767. The number of anilines is 1. The summed E-state index contributed by atoms with van der Waals surface area (Å²) in [6.45, 7) is 3.59. The highest BCUT2D eigenvalue weighted by molar-refractivity contribution is 5.92. The van der Waals surface area contributed by atoms with Crippen molar-refractivity contribution < 1.29 is 19.4 Å². The molecule has 1 rings (SSSR count). The second-order valence-electron chi connectivity index (χ2n) is 4.74. The van der Waals surface area contributed by atoms with Gasteiger partial charge in [0.1, 0.15) is 5.75 Å². The van der Waals surface area contributed by atoms with E-state index in [0.717, 1.165) is 19.3 Å². The van der Waals surface area contributed by atoms with E-state index < -0.39 is 12.6 Å². The molecule has 2 N–H and O–H groups in total. The van der Waals surface area contributed by atoms with Gasteiger partial charge < -0.3 is 15.2 Å². The predicted octanol–water partition coefficient (Wildman–Crippen LogP) is 2.91. The van der Waals surface area contributed by atoms with Crippen LogP contribution in [-0.4, -0.2) is 23.6 Å². The number of amides is 1. The Balaban J connectivity index is 2.56. The molecule has 0 aliphatic rings. The molecule has 0 saturated heterocycles. The molecule has 0 aromatic heterocycles. The molecule has 0 aliphatic carbocycles. The van der Waals surface area contributed by atoms with Gasteiger partial charge in [0.25, 0.3) is 0 Å². The van der Waals surface area contributed by atoms with Crippen molar-refractivity contribution in [2.24, 2.45) is 5.92 Å². The van der Waals surface area contributed by atoms with Crippen LogP contribution in [-0.2, 0) is 9.59 Å². The van der Waals surface area contributed by atoms with Gasteiger partial charge in [0, 0.05) is 17.7 Å². The molecule has 0 heterocycles. The Morgan fingerprint density at radius 2 is 2.15 bits per heavy atom. The first-order valence-corrected chi connectivity index (χ1v) is 6.78. The van der Waals surface area contributed by atoms with Crippen molar-refractivity contribution in [3.8, 4) is 5.75 Å². The van der Waals surface area contributed by atoms with Gasteiger partial charge in [-0.2, -0.15) is 0 Å². The number of hydrogen-bond donors (Lipinski definition) is 2. The van der Waals surface area contributed by atoms with Gasteiger partial charge in [0.2, 0.25) is 5.91 Å². The lowest BCUT2D eigenvalue weighted by Gasteiger charge is -2.12. The molecule has 1 aromatic carbocycles. The summed E-state index contributed by atoms with van der Waals surface area (Å²) in [5, 5.41) is 11.4. The van der Waals surface area contributed by atoms with E-state index in [2.05, 4.69) is 12.2 Å². The van der Waals surface area contributed by atoms with Crippen molar-refractivity contribution >= 4 is 17.6 Å². The van der Waals surface area contributed by atoms with Gasteiger partial charge in [-0.25, -0.2) is 4.79 Å². The highest BCUT2D eigenvalue weighted by atomic mass is 16.5. The predicted molar refractivity (Wildman–Crippen MR) is 76.9 cm³/mol. The topological polar surface area (TPSA) is 75.6 Å². The van der Waals surface area contributed by atoms with E-state index >= 15 is 0 Å². The first-order valence-electron chi connectivity index (χ1n) is 6.78. The molecule has 5 nitrogen and oxygen atoms in total. The molecule has 1 unspecified atom stereocenters. The number of carbonyl (C=O) groups excluding carboxylic acids is 1. The number of benzene rings is 1. The third-order valence-electron chi connectivity index (χ3n) is 2.90. The molecule has 1 atom stereocenters. The molecular formula is C15H21NO4. The second-order valence-corrected chi connectivity index (χ2v) is 4.74. The van der Waals surface area contributed by atoms with Crippen molar-refractivity contribution in [1.82, 2.24) is 0 Å². The number of carboxylic acid groups (broad SMARTS) is 1. The molecule has 1 aromatic rings. The molecule has 0 aliphatic heterocycles. The largest absolute Gasteiger partial charge is 0.482 e. The summed E-state index contributed by atoms with van der Waals surface area (Å²) < 4.78 is 5.06. The van der Waals surface area contributed by atoms with E-state index in [-0.39, 0.29) is 11.8 Å². The lowest BCUT2D eigenvalue weighted by molar-refractivity contribution is -0.139. The van der Waals surface area contributed by atoms with Crippen LogP contribution in [0.2, 0.25) is 0 Å². The Labute approximate surface area is 118 Å². The van der Waals surface area contributed by atoms with Crippen LogP contribution < -0.4 is 10.1 Å². The van der Waals surface area contributed by atoms with Crippen LogP contribution in [0.4, 0.5) is 5.69 Å². The highest BCUT2D eigenvalue weighted by Crippen LogP contribution is 2.19. The van der Waals surface area contributed by atoms with Crippen LogP contribution in [0.15, 0.2) is 24.3 Å². The first-order chi connectivity index (χ1) is 9.52. The van der Waals surface area contributed by atoms with Gasteiger partial charge in [0.05, 0.1) is 0 Å². The maximum atomic E-state index is 11.9. The molecule has 0 bridgehead atoms. The van der Waals surface area contributed by atoms with Gasteiger partial charge in [-0.3, -0.25) is 4.79 Å². The monoisotopic (exact) mass is 279 g/mol. The van der Waals surface area contributed by atoms with Crippen molar-refractivity contribution in [3.63, 3.8) is 0 Å². The second kappa shape index (κ2) is 8.19. The summed E-state index contributed by atoms with van der Waals surface area (Å²) >= 11 is 0. The Kier molecular flexibility index (Phi) is 6.56.